The Morgan fingerprint density at radius 1 is 1.28 bits per heavy atom. The monoisotopic (exact) mass is 291 g/mol. The van der Waals surface area contributed by atoms with E-state index in [1.807, 2.05) is 0 Å². The second-order valence-corrected chi connectivity index (χ2v) is 7.09. The number of hydrogen-bond donors (Lipinski definition) is 0. The van der Waals surface area contributed by atoms with Gasteiger partial charge in [0, 0.05) is 13.2 Å². The fraction of sp³-hybridized carbons (Fsp3) is 0.300. The molecule has 18 heavy (non-hydrogen) atoms. The number of para-hydroxylation sites is 1. The van der Waals surface area contributed by atoms with Crippen LogP contribution < -0.4 is 4.52 Å². The van der Waals surface area contributed by atoms with E-state index in [0.717, 1.165) is 13.2 Å². The molecule has 0 saturated heterocycles. The van der Waals surface area contributed by atoms with E-state index in [2.05, 4.69) is 4.74 Å². The predicted octanol–water partition coefficient (Wildman–Crippen LogP) is 1.70. The molecule has 1 rings (SSSR count). The van der Waals surface area contributed by atoms with Crippen molar-refractivity contribution < 1.29 is 27.0 Å². The van der Waals surface area contributed by atoms with E-state index in [1.165, 1.54) is 12.1 Å². The molecule has 98 valence electrons. The summed E-state index contributed by atoms with van der Waals surface area (Å²) in [7, 11) is -6.55. The van der Waals surface area contributed by atoms with Crippen LogP contribution in [0.2, 0.25) is 0 Å². The molecule has 6 nitrogen and oxygen atoms in total. The molecule has 0 N–H and O–H groups in total. The summed E-state index contributed by atoms with van der Waals surface area (Å²) >= 11 is 0. The highest BCUT2D eigenvalue weighted by molar-refractivity contribution is 7.96. The van der Waals surface area contributed by atoms with E-state index >= 15 is 0 Å². The first-order valence-corrected chi connectivity index (χ1v) is 8.06. The second kappa shape index (κ2) is 5.93. The van der Waals surface area contributed by atoms with Crippen LogP contribution in [-0.4, -0.2) is 25.8 Å². The molecule has 1 aromatic rings. The molecule has 0 aromatic heterocycles. The fourth-order valence-corrected chi connectivity index (χ4v) is 3.40. The van der Waals surface area contributed by atoms with Crippen molar-refractivity contribution >= 4 is 23.8 Å². The molecule has 1 aromatic carbocycles. The minimum atomic E-state index is -3.83. The van der Waals surface area contributed by atoms with Crippen LogP contribution in [0, 0.1) is 0 Å². The molecule has 0 bridgehead atoms. The van der Waals surface area contributed by atoms with Crippen LogP contribution in [0.4, 0.5) is 0 Å². The molecule has 0 spiro atoms. The van der Waals surface area contributed by atoms with Crippen LogP contribution in [0.5, 0.6) is 5.75 Å². The van der Waals surface area contributed by atoms with Gasteiger partial charge in [0.05, 0.1) is 0 Å². The van der Waals surface area contributed by atoms with Gasteiger partial charge < -0.3 is 4.74 Å². The van der Waals surface area contributed by atoms with Crippen molar-refractivity contribution in [1.29, 1.82) is 0 Å². The summed E-state index contributed by atoms with van der Waals surface area (Å²) in [6.07, 6.45) is 0.822. The number of benzene rings is 1. The highest BCUT2D eigenvalue weighted by atomic mass is 32.2. The van der Waals surface area contributed by atoms with E-state index in [1.54, 1.807) is 18.2 Å². The molecule has 0 fully saturated rings. The maximum atomic E-state index is 11.8. The number of esters is 1. The Balaban J connectivity index is 2.87. The van der Waals surface area contributed by atoms with Crippen molar-refractivity contribution in [3.8, 4) is 5.75 Å². The van der Waals surface area contributed by atoms with E-state index < -0.39 is 29.0 Å². The lowest BCUT2D eigenvalue weighted by Crippen LogP contribution is -2.23. The van der Waals surface area contributed by atoms with Crippen molar-refractivity contribution in [3.63, 3.8) is 0 Å². The fourth-order valence-electron chi connectivity index (χ4n) is 1.06. The number of carbonyl (C=O) groups is 1. The number of hydrogen-bond acceptors (Lipinski definition) is 6. The van der Waals surface area contributed by atoms with Gasteiger partial charge in [0.25, 0.3) is 0 Å². The van der Waals surface area contributed by atoms with Crippen molar-refractivity contribution in [2.75, 3.05) is 6.26 Å². The number of rotatable bonds is 5. The van der Waals surface area contributed by atoms with E-state index in [-0.39, 0.29) is 5.75 Å². The van der Waals surface area contributed by atoms with E-state index in [4.69, 9.17) is 4.52 Å². The molecule has 0 aliphatic carbocycles. The third-order valence-electron chi connectivity index (χ3n) is 1.74. The Morgan fingerprint density at radius 3 is 2.28 bits per heavy atom. The van der Waals surface area contributed by atoms with Gasteiger partial charge in [-0.3, -0.25) is 9.32 Å². The minimum absolute atomic E-state index is 0.236. The maximum Gasteiger partial charge on any atom is 0.619 e. The second-order valence-electron chi connectivity index (χ2n) is 3.44. The summed E-state index contributed by atoms with van der Waals surface area (Å²) in [4.78, 5) is 10.8. The molecule has 8 heteroatoms. The van der Waals surface area contributed by atoms with E-state index in [0.29, 0.717) is 0 Å². The number of sulfone groups is 1. The Labute approximate surface area is 106 Å². The molecular formula is C10H12O6PS+. The van der Waals surface area contributed by atoms with Gasteiger partial charge in [0.2, 0.25) is 9.84 Å². The summed E-state index contributed by atoms with van der Waals surface area (Å²) in [5.74, 6) is -0.607. The number of ether oxygens (including phenoxy) is 1. The maximum absolute atomic E-state index is 11.8. The Bertz CT molecular complexity index is 539. The van der Waals surface area contributed by atoms with Gasteiger partial charge in [-0.15, -0.1) is 0 Å². The topological polar surface area (TPSA) is 86.7 Å². The minimum Gasteiger partial charge on any atom is -0.401 e. The first-order valence-electron chi connectivity index (χ1n) is 4.86. The van der Waals surface area contributed by atoms with Crippen LogP contribution >= 0.6 is 8.03 Å². The summed E-state index contributed by atoms with van der Waals surface area (Å²) < 4.78 is 43.9. The smallest absolute Gasteiger partial charge is 0.401 e. The zero-order valence-electron chi connectivity index (χ0n) is 9.77. The van der Waals surface area contributed by atoms with Crippen molar-refractivity contribution in [2.45, 2.75) is 12.1 Å². The number of carbonyl (C=O) groups excluding carboxylic acids is 1. The zero-order chi connectivity index (χ0) is 13.8. The highest BCUT2D eigenvalue weighted by Gasteiger charge is 2.46. The van der Waals surface area contributed by atoms with E-state index in [9.17, 15) is 17.8 Å². The molecule has 2 unspecified atom stereocenters. The standard InChI is InChI=1S/C10H12O6PS/c1-8(11)15-10(18(2,13)14)17(12)16-9-6-4-3-5-7-9/h3-7,10H,1-2H3/q+1. The van der Waals surface area contributed by atoms with Crippen molar-refractivity contribution in [2.24, 2.45) is 0 Å². The highest BCUT2D eigenvalue weighted by Crippen LogP contribution is 2.35. The summed E-state index contributed by atoms with van der Waals surface area (Å²) in [6, 6.07) is 8.03. The van der Waals surface area contributed by atoms with Crippen molar-refractivity contribution in [1.82, 2.24) is 0 Å². The average molecular weight is 291 g/mol. The lowest BCUT2D eigenvalue weighted by atomic mass is 10.3. The summed E-state index contributed by atoms with van der Waals surface area (Å²) in [6.45, 7) is 1.03. The molecule has 0 amide bonds. The van der Waals surface area contributed by atoms with Gasteiger partial charge in [-0.2, -0.15) is 0 Å². The molecule has 0 aliphatic heterocycles. The SMILES string of the molecule is CC(=O)OC([P+](=O)Oc1ccccc1)S(C)(=O)=O. The Morgan fingerprint density at radius 2 is 1.83 bits per heavy atom. The summed E-state index contributed by atoms with van der Waals surface area (Å²) in [5.41, 5.74) is 0. The first-order chi connectivity index (χ1) is 8.30. The van der Waals surface area contributed by atoms with Crippen LogP contribution in [0.1, 0.15) is 6.92 Å². The molecule has 0 saturated carbocycles. The Hall–Kier alpha value is -1.46. The first kappa shape index (κ1) is 14.6. The largest absolute Gasteiger partial charge is 0.619 e. The van der Waals surface area contributed by atoms with Gasteiger partial charge in [0.1, 0.15) is 0 Å². The molecule has 0 radical (unpaired) electrons. The van der Waals surface area contributed by atoms with Gasteiger partial charge >= 0.3 is 19.2 Å². The van der Waals surface area contributed by atoms with Gasteiger partial charge in [-0.25, -0.2) is 8.42 Å². The molecule has 0 heterocycles. The zero-order valence-corrected chi connectivity index (χ0v) is 11.5. The normalized spacial score (nSPS) is 13.6. The molecule has 2 atom stereocenters. The van der Waals surface area contributed by atoms with Crippen LogP contribution in [0.3, 0.4) is 0 Å². The third kappa shape index (κ3) is 4.43. The summed E-state index contributed by atoms with van der Waals surface area (Å²) in [5, 5.41) is -1.80. The quantitative estimate of drug-likeness (QED) is 0.606. The lowest BCUT2D eigenvalue weighted by molar-refractivity contribution is -0.140. The van der Waals surface area contributed by atoms with Gasteiger partial charge in [-0.1, -0.05) is 18.2 Å². The van der Waals surface area contributed by atoms with Gasteiger partial charge in [0.15, 0.2) is 5.75 Å². The average Bonchev–Trinajstić information content (AvgIpc) is 2.25. The molecule has 0 aliphatic rings. The third-order valence-corrected chi connectivity index (χ3v) is 5.08. The van der Waals surface area contributed by atoms with Crippen LogP contribution in [0.15, 0.2) is 30.3 Å². The van der Waals surface area contributed by atoms with Crippen molar-refractivity contribution in [3.05, 3.63) is 30.3 Å². The Kier molecular flexibility index (Phi) is 4.81. The molecular weight excluding hydrogens is 279 g/mol. The van der Waals surface area contributed by atoms with Crippen LogP contribution in [0.25, 0.3) is 0 Å². The lowest BCUT2D eigenvalue weighted by Gasteiger charge is -2.04. The van der Waals surface area contributed by atoms with Crippen LogP contribution in [-0.2, 0) is 23.9 Å². The predicted molar refractivity (Wildman–Crippen MR) is 65.1 cm³/mol. The van der Waals surface area contributed by atoms with Gasteiger partial charge in [-0.05, 0) is 16.7 Å².